The normalized spacial score (nSPS) is 14.2. The minimum Gasteiger partial charge on any atom is -0.437 e. The lowest BCUT2D eigenvalue weighted by Crippen LogP contribution is -2.35. The number of para-hydroxylation sites is 1. The summed E-state index contributed by atoms with van der Waals surface area (Å²) < 4.78 is 52.5. The average Bonchev–Trinajstić information content (AvgIpc) is 2.87. The largest absolute Gasteiger partial charge is 0.437 e. The summed E-state index contributed by atoms with van der Waals surface area (Å²) >= 11 is 6.73. The lowest BCUT2D eigenvalue weighted by atomic mass is 10.1. The van der Waals surface area contributed by atoms with E-state index in [2.05, 4.69) is 4.98 Å². The second-order valence-corrected chi connectivity index (χ2v) is 11.2. The van der Waals surface area contributed by atoms with Gasteiger partial charge in [-0.1, -0.05) is 60.1 Å². The number of halogens is 2. The summed E-state index contributed by atoms with van der Waals surface area (Å²) in [5, 5.41) is -0.109. The maximum Gasteiger partial charge on any atom is 0.247 e. The maximum atomic E-state index is 13.5. The van der Waals surface area contributed by atoms with Gasteiger partial charge in [0, 0.05) is 13.1 Å². The number of hydrogen-bond donors (Lipinski definition) is 0. The average molecular weight is 539 g/mol. The Labute approximate surface area is 220 Å². The Hall–Kier alpha value is -3.62. The zero-order valence-corrected chi connectivity index (χ0v) is 21.8. The molecule has 9 heteroatoms. The van der Waals surface area contributed by atoms with Gasteiger partial charge in [0.2, 0.25) is 11.8 Å². The number of aryl methyl sites for hydroxylation is 2. The number of ether oxygens (including phenoxy) is 2. The third-order valence-electron chi connectivity index (χ3n) is 6.12. The zero-order chi connectivity index (χ0) is 26.2. The molecule has 0 amide bonds. The smallest absolute Gasteiger partial charge is 0.247 e. The van der Waals surface area contributed by atoms with Crippen molar-refractivity contribution in [3.8, 4) is 23.3 Å². The van der Waals surface area contributed by atoms with Crippen molar-refractivity contribution in [1.29, 1.82) is 0 Å². The Morgan fingerprint density at radius 2 is 1.59 bits per heavy atom. The number of pyridine rings is 1. The van der Waals surface area contributed by atoms with Gasteiger partial charge in [0.25, 0.3) is 0 Å². The summed E-state index contributed by atoms with van der Waals surface area (Å²) in [7, 11) is -3.79. The molecule has 0 radical (unpaired) electrons. The highest BCUT2D eigenvalue weighted by Crippen LogP contribution is 2.48. The van der Waals surface area contributed by atoms with Crippen LogP contribution >= 0.6 is 11.6 Å². The second-order valence-electron chi connectivity index (χ2n) is 8.82. The van der Waals surface area contributed by atoms with E-state index in [1.807, 2.05) is 67.3 Å². The quantitative estimate of drug-likeness (QED) is 0.267. The van der Waals surface area contributed by atoms with Crippen LogP contribution in [0.3, 0.4) is 0 Å². The van der Waals surface area contributed by atoms with Crippen molar-refractivity contribution in [2.45, 2.75) is 25.3 Å². The van der Waals surface area contributed by atoms with Gasteiger partial charge >= 0.3 is 0 Å². The van der Waals surface area contributed by atoms with Gasteiger partial charge in [0.1, 0.15) is 32.9 Å². The molecule has 0 N–H and O–H groups in total. The van der Waals surface area contributed by atoms with E-state index < -0.39 is 15.7 Å². The molecule has 0 unspecified atom stereocenters. The van der Waals surface area contributed by atoms with Crippen molar-refractivity contribution in [3.63, 3.8) is 0 Å². The van der Waals surface area contributed by atoms with Crippen molar-refractivity contribution in [1.82, 2.24) is 4.98 Å². The molecule has 5 rings (SSSR count). The summed E-state index contributed by atoms with van der Waals surface area (Å²) in [4.78, 5) is 6.35. The Kier molecular flexibility index (Phi) is 6.79. The fourth-order valence-electron chi connectivity index (χ4n) is 4.27. The number of hydrogen-bond acceptors (Lipinski definition) is 6. The molecule has 0 fully saturated rings. The third kappa shape index (κ3) is 5.12. The van der Waals surface area contributed by atoms with Crippen LogP contribution in [-0.2, 0) is 16.4 Å². The van der Waals surface area contributed by atoms with Gasteiger partial charge in [-0.2, -0.15) is 4.98 Å². The molecule has 3 aromatic carbocycles. The molecule has 2 heterocycles. The molecule has 6 nitrogen and oxygen atoms in total. The first-order valence-corrected chi connectivity index (χ1v) is 13.7. The first kappa shape index (κ1) is 25.0. The molecule has 0 spiro atoms. The molecule has 1 aliphatic heterocycles. The van der Waals surface area contributed by atoms with Crippen LogP contribution in [0.15, 0.2) is 77.7 Å². The van der Waals surface area contributed by atoms with E-state index in [-0.39, 0.29) is 39.7 Å². The molecule has 0 aliphatic carbocycles. The maximum absolute atomic E-state index is 13.5. The summed E-state index contributed by atoms with van der Waals surface area (Å²) in [6.07, 6.45) is 0. The van der Waals surface area contributed by atoms with Gasteiger partial charge in [0.05, 0.1) is 5.75 Å². The van der Waals surface area contributed by atoms with Crippen LogP contribution in [0, 0.1) is 19.7 Å². The van der Waals surface area contributed by atoms with Gasteiger partial charge in [-0.25, -0.2) is 12.8 Å². The molecule has 190 valence electrons. The third-order valence-corrected chi connectivity index (χ3v) is 8.32. The Morgan fingerprint density at radius 3 is 2.27 bits per heavy atom. The lowest BCUT2D eigenvalue weighted by Gasteiger charge is -2.33. The summed E-state index contributed by atoms with van der Waals surface area (Å²) in [6, 6.07) is 20.7. The van der Waals surface area contributed by atoms with Crippen LogP contribution in [0.1, 0.15) is 16.7 Å². The molecule has 4 aromatic rings. The monoisotopic (exact) mass is 538 g/mol. The SMILES string of the molecule is Cc1cccc(C)c1Oc1nc(Oc2ccc(F)cc2)c2c(c1Cl)S(=O)(=O)CCN2Cc1ccccc1. The molecule has 0 bridgehead atoms. The Bertz CT molecular complexity index is 1540. The first-order chi connectivity index (χ1) is 17.7. The molecule has 1 aromatic heterocycles. The van der Waals surface area contributed by atoms with E-state index in [9.17, 15) is 12.8 Å². The van der Waals surface area contributed by atoms with E-state index in [4.69, 9.17) is 21.1 Å². The van der Waals surface area contributed by atoms with E-state index in [0.717, 1.165) is 16.7 Å². The van der Waals surface area contributed by atoms with Crippen LogP contribution in [0.25, 0.3) is 0 Å². The van der Waals surface area contributed by atoms with Gasteiger partial charge in [-0.3, -0.25) is 0 Å². The highest BCUT2D eigenvalue weighted by molar-refractivity contribution is 7.91. The molecule has 37 heavy (non-hydrogen) atoms. The fraction of sp³-hybridized carbons (Fsp3) is 0.179. The summed E-state index contributed by atoms with van der Waals surface area (Å²) in [6.45, 7) is 4.39. The topological polar surface area (TPSA) is 68.7 Å². The lowest BCUT2D eigenvalue weighted by molar-refractivity contribution is 0.418. The van der Waals surface area contributed by atoms with E-state index in [0.29, 0.717) is 18.0 Å². The number of fused-ring (bicyclic) bond motifs is 1. The molecular formula is C28H24ClFN2O4S. The fourth-order valence-corrected chi connectivity index (χ4v) is 6.33. The number of rotatable bonds is 6. The minimum absolute atomic E-state index is 0.00597. The van der Waals surface area contributed by atoms with Crippen LogP contribution in [0.2, 0.25) is 5.02 Å². The van der Waals surface area contributed by atoms with E-state index in [1.165, 1.54) is 24.3 Å². The van der Waals surface area contributed by atoms with E-state index in [1.54, 1.807) is 0 Å². The Morgan fingerprint density at radius 1 is 0.919 bits per heavy atom. The number of anilines is 1. The zero-order valence-electron chi connectivity index (χ0n) is 20.2. The summed E-state index contributed by atoms with van der Waals surface area (Å²) in [5.74, 6) is 0.186. The molecule has 0 saturated carbocycles. The molecule has 1 aliphatic rings. The van der Waals surface area contributed by atoms with Gasteiger partial charge in [-0.15, -0.1) is 0 Å². The highest BCUT2D eigenvalue weighted by Gasteiger charge is 2.37. The number of benzene rings is 3. The summed E-state index contributed by atoms with van der Waals surface area (Å²) in [5.41, 5.74) is 2.90. The van der Waals surface area contributed by atoms with E-state index >= 15 is 0 Å². The van der Waals surface area contributed by atoms with Gasteiger partial charge < -0.3 is 14.4 Å². The van der Waals surface area contributed by atoms with Crippen LogP contribution < -0.4 is 14.4 Å². The molecular weight excluding hydrogens is 515 g/mol. The van der Waals surface area contributed by atoms with Gasteiger partial charge in [0.15, 0.2) is 9.84 Å². The van der Waals surface area contributed by atoms with Crippen molar-refractivity contribution >= 4 is 27.1 Å². The highest BCUT2D eigenvalue weighted by atomic mass is 35.5. The number of aromatic nitrogens is 1. The molecule has 0 atom stereocenters. The number of sulfone groups is 1. The minimum atomic E-state index is -3.79. The Balaban J connectivity index is 1.69. The number of nitrogens with zero attached hydrogens (tertiary/aromatic N) is 2. The van der Waals surface area contributed by atoms with Crippen molar-refractivity contribution in [3.05, 3.63) is 100 Å². The molecule has 0 saturated heterocycles. The van der Waals surface area contributed by atoms with Crippen molar-refractivity contribution < 1.29 is 22.3 Å². The van der Waals surface area contributed by atoms with Crippen LogP contribution in [0.5, 0.6) is 23.3 Å². The van der Waals surface area contributed by atoms with Crippen LogP contribution in [-0.4, -0.2) is 25.7 Å². The standard InChI is InChI=1S/C28H24ClFN2O4S/c1-18-7-6-8-19(2)25(18)36-27-23(29)26-24(28(31-27)35-22-13-11-21(30)12-14-22)32(15-16-37(26,33)34)17-20-9-4-3-5-10-20/h3-14H,15-17H2,1-2H3. The first-order valence-electron chi connectivity index (χ1n) is 11.7. The predicted molar refractivity (Wildman–Crippen MR) is 141 cm³/mol. The van der Waals surface area contributed by atoms with Gasteiger partial charge in [-0.05, 0) is 54.8 Å². The van der Waals surface area contributed by atoms with Crippen molar-refractivity contribution in [2.24, 2.45) is 0 Å². The predicted octanol–water partition coefficient (Wildman–Crippen LogP) is 6.87. The van der Waals surface area contributed by atoms with Crippen molar-refractivity contribution in [2.75, 3.05) is 17.2 Å². The second kappa shape index (κ2) is 10.0. The van der Waals surface area contributed by atoms with Crippen LogP contribution in [0.4, 0.5) is 10.1 Å².